The van der Waals surface area contributed by atoms with Crippen LogP contribution in [-0.4, -0.2) is 13.0 Å². The van der Waals surface area contributed by atoms with Crippen molar-refractivity contribution in [2.24, 2.45) is 0 Å². The molecular formula is C18H16FN3O2. The second-order valence-electron chi connectivity index (χ2n) is 4.86. The second-order valence-corrected chi connectivity index (χ2v) is 4.86. The smallest absolute Gasteiger partial charge is 0.263 e. The van der Waals surface area contributed by atoms with Crippen LogP contribution in [0.3, 0.4) is 0 Å². The summed E-state index contributed by atoms with van der Waals surface area (Å²) in [6, 6.07) is 14.8. The van der Waals surface area contributed by atoms with Crippen molar-refractivity contribution in [2.45, 2.75) is 6.54 Å². The van der Waals surface area contributed by atoms with E-state index in [1.807, 2.05) is 18.2 Å². The Hall–Kier alpha value is -3.33. The van der Waals surface area contributed by atoms with Crippen LogP contribution >= 0.6 is 0 Å². The van der Waals surface area contributed by atoms with Gasteiger partial charge in [0.05, 0.1) is 7.11 Å². The SMILES string of the molecule is COc1ccc(CNC(=O)/C(C#N)=C\Nc2cccc(F)c2)cc1. The van der Waals surface area contributed by atoms with Crippen LogP contribution in [0.5, 0.6) is 5.75 Å². The highest BCUT2D eigenvalue weighted by Crippen LogP contribution is 2.12. The van der Waals surface area contributed by atoms with Gasteiger partial charge in [0.2, 0.25) is 0 Å². The Morgan fingerprint density at radius 1 is 1.29 bits per heavy atom. The van der Waals surface area contributed by atoms with Crippen molar-refractivity contribution < 1.29 is 13.9 Å². The van der Waals surface area contributed by atoms with Crippen LogP contribution in [0, 0.1) is 17.1 Å². The highest BCUT2D eigenvalue weighted by atomic mass is 19.1. The van der Waals surface area contributed by atoms with E-state index in [-0.39, 0.29) is 12.1 Å². The molecule has 0 fully saturated rings. The molecule has 0 aromatic heterocycles. The van der Waals surface area contributed by atoms with Gasteiger partial charge < -0.3 is 15.4 Å². The van der Waals surface area contributed by atoms with Gasteiger partial charge in [0.25, 0.3) is 5.91 Å². The first-order valence-corrected chi connectivity index (χ1v) is 7.16. The summed E-state index contributed by atoms with van der Waals surface area (Å²) in [6.07, 6.45) is 1.25. The lowest BCUT2D eigenvalue weighted by Crippen LogP contribution is -2.24. The van der Waals surface area contributed by atoms with E-state index >= 15 is 0 Å². The monoisotopic (exact) mass is 325 g/mol. The van der Waals surface area contributed by atoms with Crippen LogP contribution in [0.4, 0.5) is 10.1 Å². The van der Waals surface area contributed by atoms with Crippen molar-refractivity contribution in [3.63, 3.8) is 0 Å². The van der Waals surface area contributed by atoms with E-state index in [9.17, 15) is 9.18 Å². The summed E-state index contributed by atoms with van der Waals surface area (Å²) in [5.74, 6) is -0.199. The number of benzene rings is 2. The molecular weight excluding hydrogens is 309 g/mol. The van der Waals surface area contributed by atoms with Gasteiger partial charge in [0.1, 0.15) is 23.2 Å². The van der Waals surface area contributed by atoms with E-state index in [1.54, 1.807) is 25.3 Å². The minimum absolute atomic E-state index is 0.104. The fourth-order valence-electron chi connectivity index (χ4n) is 1.90. The van der Waals surface area contributed by atoms with Gasteiger partial charge in [-0.2, -0.15) is 5.26 Å². The van der Waals surface area contributed by atoms with Crippen molar-refractivity contribution in [1.29, 1.82) is 5.26 Å². The van der Waals surface area contributed by atoms with Crippen LogP contribution in [0.25, 0.3) is 0 Å². The number of ether oxygens (including phenoxy) is 1. The zero-order chi connectivity index (χ0) is 17.4. The number of hydrogen-bond donors (Lipinski definition) is 2. The summed E-state index contributed by atoms with van der Waals surface area (Å²) < 4.78 is 18.1. The number of nitriles is 1. The average Bonchev–Trinajstić information content (AvgIpc) is 2.61. The van der Waals surface area contributed by atoms with Gasteiger partial charge in [-0.1, -0.05) is 18.2 Å². The van der Waals surface area contributed by atoms with Crippen molar-refractivity contribution in [2.75, 3.05) is 12.4 Å². The summed E-state index contributed by atoms with van der Waals surface area (Å²) in [7, 11) is 1.58. The molecule has 6 heteroatoms. The first-order chi connectivity index (χ1) is 11.6. The third-order valence-electron chi connectivity index (χ3n) is 3.18. The van der Waals surface area contributed by atoms with E-state index in [0.29, 0.717) is 5.69 Å². The molecule has 2 aromatic rings. The lowest BCUT2D eigenvalue weighted by Gasteiger charge is -2.06. The van der Waals surface area contributed by atoms with E-state index in [0.717, 1.165) is 11.3 Å². The van der Waals surface area contributed by atoms with Crippen LogP contribution in [-0.2, 0) is 11.3 Å². The van der Waals surface area contributed by atoms with Crippen LogP contribution in [0.2, 0.25) is 0 Å². The summed E-state index contributed by atoms with van der Waals surface area (Å²) in [5.41, 5.74) is 1.22. The molecule has 0 aliphatic heterocycles. The maximum absolute atomic E-state index is 13.1. The lowest BCUT2D eigenvalue weighted by atomic mass is 10.2. The quantitative estimate of drug-likeness (QED) is 0.632. The number of rotatable bonds is 6. The topological polar surface area (TPSA) is 74.1 Å². The van der Waals surface area contributed by atoms with Crippen molar-refractivity contribution in [1.82, 2.24) is 5.32 Å². The molecule has 0 heterocycles. The summed E-state index contributed by atoms with van der Waals surface area (Å²) in [6.45, 7) is 0.280. The summed E-state index contributed by atoms with van der Waals surface area (Å²) >= 11 is 0. The fourth-order valence-corrected chi connectivity index (χ4v) is 1.90. The van der Waals surface area contributed by atoms with Crippen molar-refractivity contribution in [3.05, 3.63) is 71.7 Å². The molecule has 0 atom stereocenters. The molecule has 0 spiro atoms. The molecule has 0 saturated heterocycles. The number of carbonyl (C=O) groups excluding carboxylic acids is 1. The number of hydrogen-bond acceptors (Lipinski definition) is 4. The predicted molar refractivity (Wildman–Crippen MR) is 88.6 cm³/mol. The molecule has 0 aliphatic carbocycles. The van der Waals surface area contributed by atoms with E-state index in [1.165, 1.54) is 24.4 Å². The van der Waals surface area contributed by atoms with Gasteiger partial charge in [-0.3, -0.25) is 4.79 Å². The highest BCUT2D eigenvalue weighted by Gasteiger charge is 2.08. The van der Waals surface area contributed by atoms with Crippen LogP contribution in [0.1, 0.15) is 5.56 Å². The third-order valence-corrected chi connectivity index (χ3v) is 3.18. The molecule has 0 bridgehead atoms. The van der Waals surface area contributed by atoms with Crippen molar-refractivity contribution >= 4 is 11.6 Å². The molecule has 0 aliphatic rings. The van der Waals surface area contributed by atoms with E-state index in [4.69, 9.17) is 10.00 Å². The number of carbonyl (C=O) groups is 1. The lowest BCUT2D eigenvalue weighted by molar-refractivity contribution is -0.117. The summed E-state index contributed by atoms with van der Waals surface area (Å²) in [4.78, 5) is 12.0. The predicted octanol–water partition coefficient (Wildman–Crippen LogP) is 2.97. The number of methoxy groups -OCH3 is 1. The Bertz CT molecular complexity index is 780. The number of nitrogens with zero attached hydrogens (tertiary/aromatic N) is 1. The normalized spacial score (nSPS) is 10.6. The molecule has 0 saturated carbocycles. The van der Waals surface area contributed by atoms with E-state index in [2.05, 4.69) is 10.6 Å². The zero-order valence-electron chi connectivity index (χ0n) is 13.0. The van der Waals surface area contributed by atoms with Gasteiger partial charge in [-0.25, -0.2) is 4.39 Å². The van der Waals surface area contributed by atoms with Gasteiger partial charge in [0.15, 0.2) is 0 Å². The standard InChI is InChI=1S/C18H16FN3O2/c1-24-17-7-5-13(6-8-17)11-22-18(23)14(10-20)12-21-16-4-2-3-15(19)9-16/h2-9,12,21H,11H2,1H3,(H,22,23)/b14-12-. The van der Waals surface area contributed by atoms with Gasteiger partial charge >= 0.3 is 0 Å². The molecule has 2 aromatic carbocycles. The average molecular weight is 325 g/mol. The van der Waals surface area contributed by atoms with E-state index < -0.39 is 11.7 Å². The highest BCUT2D eigenvalue weighted by molar-refractivity contribution is 5.97. The van der Waals surface area contributed by atoms with Crippen LogP contribution < -0.4 is 15.4 Å². The molecule has 24 heavy (non-hydrogen) atoms. The molecule has 2 N–H and O–H groups in total. The second kappa shape index (κ2) is 8.34. The number of anilines is 1. The molecule has 1 amide bonds. The maximum Gasteiger partial charge on any atom is 0.263 e. The van der Waals surface area contributed by atoms with Gasteiger partial charge in [-0.15, -0.1) is 0 Å². The number of halogens is 1. The Kier molecular flexibility index (Phi) is 5.92. The molecule has 0 unspecified atom stereocenters. The van der Waals surface area contributed by atoms with Crippen molar-refractivity contribution in [3.8, 4) is 11.8 Å². The van der Waals surface area contributed by atoms with Crippen LogP contribution in [0.15, 0.2) is 60.3 Å². The first kappa shape index (κ1) is 17.0. The number of nitrogens with one attached hydrogen (secondary N) is 2. The Labute approximate surface area is 139 Å². The minimum Gasteiger partial charge on any atom is -0.497 e. The first-order valence-electron chi connectivity index (χ1n) is 7.16. The Morgan fingerprint density at radius 3 is 2.67 bits per heavy atom. The van der Waals surface area contributed by atoms with Gasteiger partial charge in [0, 0.05) is 18.4 Å². The maximum atomic E-state index is 13.1. The largest absolute Gasteiger partial charge is 0.497 e. The summed E-state index contributed by atoms with van der Waals surface area (Å²) in [5, 5.41) is 14.5. The molecule has 5 nitrogen and oxygen atoms in total. The molecule has 2 rings (SSSR count). The molecule has 0 radical (unpaired) electrons. The molecule has 122 valence electrons. The minimum atomic E-state index is -0.516. The zero-order valence-corrected chi connectivity index (χ0v) is 13.0. The Balaban J connectivity index is 1.95. The number of amides is 1. The van der Waals surface area contributed by atoms with Gasteiger partial charge in [-0.05, 0) is 35.9 Å². The Morgan fingerprint density at radius 2 is 2.04 bits per heavy atom. The third kappa shape index (κ3) is 4.85. The fraction of sp³-hybridized carbons (Fsp3) is 0.111.